The molecule has 0 radical (unpaired) electrons. The van der Waals surface area contributed by atoms with Crippen molar-refractivity contribution in [1.82, 2.24) is 4.98 Å². The molecule has 0 aliphatic carbocycles. The molecule has 0 aliphatic rings. The smallest absolute Gasteiger partial charge is 0.323 e. The second kappa shape index (κ2) is 7.43. The van der Waals surface area contributed by atoms with Gasteiger partial charge < -0.3 is 16.0 Å². The number of halogens is 1. The SMILES string of the molecule is O=C(Nc1ccccc1F)Nc1cccc2sc(Nc3ccccc3)nc12. The van der Waals surface area contributed by atoms with Crippen molar-refractivity contribution in [3.63, 3.8) is 0 Å². The van der Waals surface area contributed by atoms with E-state index in [1.807, 2.05) is 42.5 Å². The molecule has 27 heavy (non-hydrogen) atoms. The van der Waals surface area contributed by atoms with Crippen LogP contribution in [-0.2, 0) is 0 Å². The fraction of sp³-hybridized carbons (Fsp3) is 0. The number of nitrogens with zero attached hydrogens (tertiary/aromatic N) is 1. The molecule has 134 valence electrons. The van der Waals surface area contributed by atoms with Crippen LogP contribution in [0, 0.1) is 5.82 Å². The molecule has 0 bridgehead atoms. The van der Waals surface area contributed by atoms with Gasteiger partial charge in [0, 0.05) is 5.69 Å². The highest BCUT2D eigenvalue weighted by atomic mass is 32.1. The summed E-state index contributed by atoms with van der Waals surface area (Å²) in [7, 11) is 0. The molecule has 0 saturated heterocycles. The van der Waals surface area contributed by atoms with Gasteiger partial charge in [-0.3, -0.25) is 0 Å². The topological polar surface area (TPSA) is 66.1 Å². The number of anilines is 4. The van der Waals surface area contributed by atoms with Gasteiger partial charge >= 0.3 is 6.03 Å². The van der Waals surface area contributed by atoms with E-state index < -0.39 is 11.8 Å². The van der Waals surface area contributed by atoms with Crippen LogP contribution in [0.2, 0.25) is 0 Å². The molecule has 0 fully saturated rings. The van der Waals surface area contributed by atoms with E-state index in [9.17, 15) is 9.18 Å². The lowest BCUT2D eigenvalue weighted by atomic mass is 10.3. The van der Waals surface area contributed by atoms with Gasteiger partial charge in [-0.2, -0.15) is 0 Å². The Morgan fingerprint density at radius 1 is 0.852 bits per heavy atom. The van der Waals surface area contributed by atoms with E-state index in [1.165, 1.54) is 23.5 Å². The van der Waals surface area contributed by atoms with Crippen molar-refractivity contribution in [3.8, 4) is 0 Å². The minimum atomic E-state index is -0.529. The maximum atomic E-state index is 13.7. The third kappa shape index (κ3) is 3.88. The highest BCUT2D eigenvalue weighted by Gasteiger charge is 2.12. The number of urea groups is 1. The van der Waals surface area contributed by atoms with Gasteiger partial charge in [0.2, 0.25) is 0 Å². The Kier molecular flexibility index (Phi) is 4.67. The first-order valence-corrected chi connectivity index (χ1v) is 9.05. The van der Waals surface area contributed by atoms with Gasteiger partial charge in [0.1, 0.15) is 11.3 Å². The van der Waals surface area contributed by atoms with Crippen molar-refractivity contribution in [2.45, 2.75) is 0 Å². The molecular formula is C20H15FN4OS. The highest BCUT2D eigenvalue weighted by Crippen LogP contribution is 2.32. The summed E-state index contributed by atoms with van der Waals surface area (Å²) in [6.07, 6.45) is 0. The molecular weight excluding hydrogens is 363 g/mol. The Balaban J connectivity index is 1.55. The molecule has 2 amide bonds. The molecule has 0 unspecified atom stereocenters. The highest BCUT2D eigenvalue weighted by molar-refractivity contribution is 7.22. The van der Waals surface area contributed by atoms with E-state index in [2.05, 4.69) is 20.9 Å². The minimum absolute atomic E-state index is 0.117. The van der Waals surface area contributed by atoms with Gasteiger partial charge in [-0.1, -0.05) is 47.7 Å². The molecule has 0 spiro atoms. The van der Waals surface area contributed by atoms with Gasteiger partial charge in [-0.15, -0.1) is 0 Å². The maximum absolute atomic E-state index is 13.7. The molecule has 5 nitrogen and oxygen atoms in total. The van der Waals surface area contributed by atoms with Gasteiger partial charge in [0.25, 0.3) is 0 Å². The van der Waals surface area contributed by atoms with Crippen LogP contribution in [0.1, 0.15) is 0 Å². The van der Waals surface area contributed by atoms with Crippen LogP contribution in [0.3, 0.4) is 0 Å². The predicted octanol–water partition coefficient (Wildman–Crippen LogP) is 5.82. The van der Waals surface area contributed by atoms with Crippen LogP contribution < -0.4 is 16.0 Å². The predicted molar refractivity (Wildman–Crippen MR) is 108 cm³/mol. The first-order chi connectivity index (χ1) is 13.2. The van der Waals surface area contributed by atoms with Crippen molar-refractivity contribution in [3.05, 3.63) is 78.6 Å². The van der Waals surface area contributed by atoms with Crippen molar-refractivity contribution >= 4 is 49.8 Å². The van der Waals surface area contributed by atoms with Crippen molar-refractivity contribution in [2.24, 2.45) is 0 Å². The summed E-state index contributed by atoms with van der Waals surface area (Å²) in [5.74, 6) is -0.492. The molecule has 3 aromatic carbocycles. The van der Waals surface area contributed by atoms with Crippen molar-refractivity contribution < 1.29 is 9.18 Å². The zero-order valence-corrected chi connectivity index (χ0v) is 14.9. The standard InChI is InChI=1S/C20H15FN4OS/c21-14-9-4-5-10-15(14)23-19(26)24-16-11-6-12-17-18(16)25-20(27-17)22-13-7-2-1-3-8-13/h1-12H,(H,22,25)(H2,23,24,26). The number of aromatic nitrogens is 1. The number of benzene rings is 3. The number of para-hydroxylation sites is 3. The van der Waals surface area contributed by atoms with E-state index in [1.54, 1.807) is 18.2 Å². The first-order valence-electron chi connectivity index (χ1n) is 8.23. The normalized spacial score (nSPS) is 10.6. The van der Waals surface area contributed by atoms with Crippen LogP contribution >= 0.6 is 11.3 Å². The van der Waals surface area contributed by atoms with Crippen LogP contribution in [0.15, 0.2) is 72.8 Å². The summed E-state index contributed by atoms with van der Waals surface area (Å²) in [5, 5.41) is 9.22. The minimum Gasteiger partial charge on any atom is -0.332 e. The molecule has 0 saturated carbocycles. The number of rotatable bonds is 4. The number of thiazole rings is 1. The summed E-state index contributed by atoms with van der Waals surface area (Å²) in [6.45, 7) is 0. The summed E-state index contributed by atoms with van der Waals surface area (Å²) < 4.78 is 14.6. The number of hydrogen-bond acceptors (Lipinski definition) is 4. The fourth-order valence-corrected chi connectivity index (χ4v) is 3.50. The number of carbonyl (C=O) groups is 1. The zero-order chi connectivity index (χ0) is 18.6. The molecule has 0 atom stereocenters. The number of nitrogens with one attached hydrogen (secondary N) is 3. The quantitative estimate of drug-likeness (QED) is 0.419. The van der Waals surface area contributed by atoms with Crippen LogP contribution in [0.4, 0.5) is 31.4 Å². The lowest BCUT2D eigenvalue weighted by Crippen LogP contribution is -2.20. The Morgan fingerprint density at radius 2 is 1.56 bits per heavy atom. The average Bonchev–Trinajstić information content (AvgIpc) is 3.08. The van der Waals surface area contributed by atoms with Gasteiger partial charge in [0.05, 0.1) is 16.1 Å². The Morgan fingerprint density at radius 3 is 2.37 bits per heavy atom. The molecule has 1 aromatic heterocycles. The van der Waals surface area contributed by atoms with E-state index >= 15 is 0 Å². The second-order valence-corrected chi connectivity index (χ2v) is 6.75. The number of carbonyl (C=O) groups excluding carboxylic acids is 1. The lowest BCUT2D eigenvalue weighted by Gasteiger charge is -2.08. The molecule has 4 rings (SSSR count). The van der Waals surface area contributed by atoms with Crippen LogP contribution in [0.25, 0.3) is 10.2 Å². The second-order valence-electron chi connectivity index (χ2n) is 5.72. The molecule has 3 N–H and O–H groups in total. The Hall–Kier alpha value is -3.45. The van der Waals surface area contributed by atoms with Gasteiger partial charge in [-0.25, -0.2) is 14.2 Å². The lowest BCUT2D eigenvalue weighted by molar-refractivity contribution is 0.262. The number of amides is 2. The van der Waals surface area contributed by atoms with E-state index in [4.69, 9.17) is 0 Å². The van der Waals surface area contributed by atoms with Crippen molar-refractivity contribution in [2.75, 3.05) is 16.0 Å². The zero-order valence-electron chi connectivity index (χ0n) is 14.1. The summed E-state index contributed by atoms with van der Waals surface area (Å²) in [4.78, 5) is 16.8. The largest absolute Gasteiger partial charge is 0.332 e. The third-order valence-electron chi connectivity index (χ3n) is 3.81. The monoisotopic (exact) mass is 378 g/mol. The molecule has 7 heteroatoms. The van der Waals surface area contributed by atoms with Crippen LogP contribution in [-0.4, -0.2) is 11.0 Å². The van der Waals surface area contributed by atoms with Gasteiger partial charge in [-0.05, 0) is 36.4 Å². The molecule has 4 aromatic rings. The molecule has 1 heterocycles. The van der Waals surface area contributed by atoms with E-state index in [0.29, 0.717) is 11.2 Å². The van der Waals surface area contributed by atoms with Crippen molar-refractivity contribution in [1.29, 1.82) is 0 Å². The maximum Gasteiger partial charge on any atom is 0.323 e. The Labute approximate surface area is 158 Å². The average molecular weight is 378 g/mol. The summed E-state index contributed by atoms with van der Waals surface area (Å²) in [5.41, 5.74) is 2.28. The summed E-state index contributed by atoms with van der Waals surface area (Å²) >= 11 is 1.49. The Bertz CT molecular complexity index is 1100. The van der Waals surface area contributed by atoms with E-state index in [0.717, 1.165) is 15.5 Å². The number of hydrogen-bond donors (Lipinski definition) is 3. The molecule has 0 aliphatic heterocycles. The van der Waals surface area contributed by atoms with Gasteiger partial charge in [0.15, 0.2) is 5.13 Å². The fourth-order valence-electron chi connectivity index (χ4n) is 2.59. The van der Waals surface area contributed by atoms with Crippen LogP contribution in [0.5, 0.6) is 0 Å². The first kappa shape index (κ1) is 17.0. The summed E-state index contributed by atoms with van der Waals surface area (Å²) in [6, 6.07) is 20.7. The third-order valence-corrected chi connectivity index (χ3v) is 4.75. The van der Waals surface area contributed by atoms with E-state index in [-0.39, 0.29) is 5.69 Å². The number of fused-ring (bicyclic) bond motifs is 1.